The van der Waals surface area contributed by atoms with Crippen molar-refractivity contribution >= 4 is 37.6 Å². The average Bonchev–Trinajstić information content (AvgIpc) is 1.95. The molecule has 1 rings (SSSR count). The van der Waals surface area contributed by atoms with Gasteiger partial charge in [-0.2, -0.15) is 0 Å². The summed E-state index contributed by atoms with van der Waals surface area (Å²) in [5.41, 5.74) is 0. The van der Waals surface area contributed by atoms with Crippen molar-refractivity contribution in [3.8, 4) is 5.75 Å². The van der Waals surface area contributed by atoms with E-state index in [0.717, 1.165) is 15.9 Å². The second kappa shape index (κ2) is 3.51. The number of hydrogen-bond donors (Lipinski definition) is 1. The highest BCUT2D eigenvalue weighted by molar-refractivity contribution is 9.10. The molecule has 0 aliphatic heterocycles. The van der Waals surface area contributed by atoms with Crippen LogP contribution in [-0.2, 0) is 0 Å². The molecule has 0 fully saturated rings. The Morgan fingerprint density at radius 1 is 1.50 bits per heavy atom. The molecule has 4 heteroatoms. The summed E-state index contributed by atoms with van der Waals surface area (Å²) in [6, 6.07) is 5.10. The smallest absolute Gasteiger partial charge is 0.129 e. The van der Waals surface area contributed by atoms with Gasteiger partial charge in [-0.25, -0.2) is 0 Å². The molecule has 54 valence electrons. The van der Waals surface area contributed by atoms with Gasteiger partial charge in [-0.1, -0.05) is 0 Å². The molecule has 0 saturated carbocycles. The monoisotopic (exact) mass is 238 g/mol. The van der Waals surface area contributed by atoms with E-state index in [2.05, 4.69) is 15.9 Å². The third-order valence-corrected chi connectivity index (χ3v) is 2.61. The van der Waals surface area contributed by atoms with Crippen LogP contribution in [0.4, 0.5) is 0 Å². The van der Waals surface area contributed by atoms with Crippen LogP contribution in [0.25, 0.3) is 0 Å². The number of aromatic hydroxyl groups is 1. The van der Waals surface area contributed by atoms with Crippen LogP contribution >= 0.6 is 37.6 Å². The van der Waals surface area contributed by atoms with Gasteiger partial charge in [0.25, 0.3) is 0 Å². The number of phenolic OH excluding ortho intramolecular Hbond substituents is 1. The first-order chi connectivity index (χ1) is 4.74. The Bertz CT molecular complexity index is 241. The molecule has 0 saturated heterocycles. The van der Waals surface area contributed by atoms with Gasteiger partial charge in [0.05, 0.1) is 4.47 Å². The van der Waals surface area contributed by atoms with Crippen molar-refractivity contribution in [2.75, 3.05) is 0 Å². The van der Waals surface area contributed by atoms with Crippen LogP contribution in [0.15, 0.2) is 27.6 Å². The molecule has 0 spiro atoms. The van der Waals surface area contributed by atoms with E-state index in [0.29, 0.717) is 4.47 Å². The lowest BCUT2D eigenvalue weighted by molar-refractivity contribution is 0.471. The summed E-state index contributed by atoms with van der Waals surface area (Å²) in [6.45, 7) is 0. The third kappa shape index (κ3) is 1.81. The van der Waals surface area contributed by atoms with Crippen LogP contribution in [0, 0.1) is 0 Å². The third-order valence-electron chi connectivity index (χ3n) is 1.01. The zero-order chi connectivity index (χ0) is 7.56. The Labute approximate surface area is 76.0 Å². The van der Waals surface area contributed by atoms with Gasteiger partial charge in [0, 0.05) is 4.90 Å². The molecular weight excluding hydrogens is 235 g/mol. The predicted octanol–water partition coefficient (Wildman–Crippen LogP) is 3.40. The molecule has 0 heterocycles. The van der Waals surface area contributed by atoms with E-state index in [1.54, 1.807) is 18.2 Å². The van der Waals surface area contributed by atoms with Crippen molar-refractivity contribution < 1.29 is 5.11 Å². The second-order valence-corrected chi connectivity index (χ2v) is 3.63. The first-order valence-electron chi connectivity index (χ1n) is 2.51. The fraction of sp³-hybridized carbons (Fsp3) is 0. The average molecular weight is 240 g/mol. The lowest BCUT2D eigenvalue weighted by Crippen LogP contribution is -1.69. The number of phenols is 1. The van der Waals surface area contributed by atoms with Crippen LogP contribution in [0.2, 0.25) is 0 Å². The fourth-order valence-corrected chi connectivity index (χ4v) is 1.64. The second-order valence-electron chi connectivity index (χ2n) is 1.69. The van der Waals surface area contributed by atoms with Gasteiger partial charge in [0.2, 0.25) is 0 Å². The molecule has 0 aliphatic rings. The summed E-state index contributed by atoms with van der Waals surface area (Å²) in [6.07, 6.45) is 0. The molecule has 0 amide bonds. The Morgan fingerprint density at radius 3 is 2.70 bits per heavy atom. The summed E-state index contributed by atoms with van der Waals surface area (Å²) >= 11 is 3.16. The molecule has 0 aliphatic carbocycles. The van der Waals surface area contributed by atoms with Crippen molar-refractivity contribution in [2.45, 2.75) is 4.90 Å². The maximum Gasteiger partial charge on any atom is 0.129 e. The van der Waals surface area contributed by atoms with E-state index >= 15 is 0 Å². The number of rotatable bonds is 1. The van der Waals surface area contributed by atoms with Gasteiger partial charge in [-0.15, -0.1) is 0 Å². The molecule has 10 heavy (non-hydrogen) atoms. The van der Waals surface area contributed by atoms with Gasteiger partial charge < -0.3 is 5.11 Å². The molecular formula is C6H4BrClOS. The normalized spacial score (nSPS) is 9.80. The Balaban J connectivity index is 3.04. The SMILES string of the molecule is Oc1ccc(SCl)cc1Br. The lowest BCUT2D eigenvalue weighted by atomic mass is 10.3. The molecule has 1 nitrogen and oxygen atoms in total. The topological polar surface area (TPSA) is 20.2 Å². The Hall–Kier alpha value is 0.140. The van der Waals surface area contributed by atoms with Crippen molar-refractivity contribution in [3.63, 3.8) is 0 Å². The molecule has 0 atom stereocenters. The zero-order valence-electron chi connectivity index (χ0n) is 4.84. The minimum Gasteiger partial charge on any atom is -0.507 e. The minimum atomic E-state index is 0.231. The van der Waals surface area contributed by atoms with Gasteiger partial charge in [-0.3, -0.25) is 0 Å². The number of benzene rings is 1. The van der Waals surface area contributed by atoms with E-state index in [1.807, 2.05) is 0 Å². The maximum absolute atomic E-state index is 9.04. The summed E-state index contributed by atoms with van der Waals surface area (Å²) in [4.78, 5) is 0.909. The van der Waals surface area contributed by atoms with Gasteiger partial charge >= 0.3 is 0 Å². The first-order valence-corrected chi connectivity index (χ1v) is 4.94. The standard InChI is InChI=1S/C6H4BrClOS/c7-5-3-4(10-8)1-2-6(5)9/h1-3,9H. The highest BCUT2D eigenvalue weighted by atomic mass is 79.9. The summed E-state index contributed by atoms with van der Waals surface area (Å²) in [5, 5.41) is 9.04. The fourth-order valence-electron chi connectivity index (χ4n) is 0.536. The summed E-state index contributed by atoms with van der Waals surface area (Å²) in [7, 11) is 6.59. The van der Waals surface area contributed by atoms with E-state index in [-0.39, 0.29) is 5.75 Å². The lowest BCUT2D eigenvalue weighted by Gasteiger charge is -1.96. The van der Waals surface area contributed by atoms with E-state index in [1.165, 1.54) is 0 Å². The highest BCUT2D eigenvalue weighted by Gasteiger charge is 1.97. The van der Waals surface area contributed by atoms with Crippen LogP contribution in [-0.4, -0.2) is 5.11 Å². The minimum absolute atomic E-state index is 0.231. The van der Waals surface area contributed by atoms with Gasteiger partial charge in [-0.05, 0) is 55.8 Å². The largest absolute Gasteiger partial charge is 0.507 e. The van der Waals surface area contributed by atoms with Crippen LogP contribution in [0.3, 0.4) is 0 Å². The quantitative estimate of drug-likeness (QED) is 0.810. The predicted molar refractivity (Wildman–Crippen MR) is 47.5 cm³/mol. The van der Waals surface area contributed by atoms with E-state index in [4.69, 9.17) is 15.8 Å². The molecule has 0 aromatic heterocycles. The highest BCUT2D eigenvalue weighted by Crippen LogP contribution is 2.30. The first kappa shape index (κ1) is 8.24. The summed E-state index contributed by atoms with van der Waals surface area (Å²) < 4.78 is 0.665. The molecule has 0 bridgehead atoms. The maximum atomic E-state index is 9.04. The number of halogens is 2. The Morgan fingerprint density at radius 2 is 2.20 bits per heavy atom. The van der Waals surface area contributed by atoms with Crippen LogP contribution in [0.5, 0.6) is 5.75 Å². The summed E-state index contributed by atoms with van der Waals surface area (Å²) in [5.74, 6) is 0.231. The van der Waals surface area contributed by atoms with Crippen molar-refractivity contribution in [3.05, 3.63) is 22.7 Å². The van der Waals surface area contributed by atoms with Crippen molar-refractivity contribution in [2.24, 2.45) is 0 Å². The molecule has 1 N–H and O–H groups in total. The zero-order valence-corrected chi connectivity index (χ0v) is 8.00. The van der Waals surface area contributed by atoms with Crippen LogP contribution < -0.4 is 0 Å². The van der Waals surface area contributed by atoms with Crippen molar-refractivity contribution in [1.82, 2.24) is 0 Å². The molecule has 0 unspecified atom stereocenters. The molecule has 0 radical (unpaired) electrons. The van der Waals surface area contributed by atoms with E-state index < -0.39 is 0 Å². The van der Waals surface area contributed by atoms with Crippen molar-refractivity contribution in [1.29, 1.82) is 0 Å². The Kier molecular flexibility index (Phi) is 2.89. The number of hydrogen-bond acceptors (Lipinski definition) is 2. The molecule has 1 aromatic carbocycles. The van der Waals surface area contributed by atoms with Crippen LogP contribution in [0.1, 0.15) is 0 Å². The van der Waals surface area contributed by atoms with Gasteiger partial charge in [0.15, 0.2) is 0 Å². The van der Waals surface area contributed by atoms with Gasteiger partial charge in [0.1, 0.15) is 5.75 Å². The molecule has 1 aromatic rings. The van der Waals surface area contributed by atoms with E-state index in [9.17, 15) is 0 Å².